The number of thiazole rings is 1. The molecule has 0 saturated heterocycles. The Kier molecular flexibility index (Phi) is 5.08. The van der Waals surface area contributed by atoms with E-state index in [1.54, 1.807) is 24.3 Å². The third-order valence-corrected chi connectivity index (χ3v) is 7.49. The molecule has 0 spiro atoms. The summed E-state index contributed by atoms with van der Waals surface area (Å²) in [5.41, 5.74) is 0.938. The lowest BCUT2D eigenvalue weighted by Crippen LogP contribution is -2.30. The molecule has 5 rings (SSSR count). The third kappa shape index (κ3) is 3.31. The molecule has 5 nitrogen and oxygen atoms in total. The number of aryl methyl sites for hydroxylation is 1. The number of para-hydroxylation sites is 1. The van der Waals surface area contributed by atoms with Crippen molar-refractivity contribution in [3.8, 4) is 0 Å². The van der Waals surface area contributed by atoms with E-state index >= 15 is 0 Å². The van der Waals surface area contributed by atoms with Crippen LogP contribution in [-0.2, 0) is 4.79 Å². The molecule has 0 aliphatic carbocycles. The minimum Gasteiger partial charge on any atom is -0.503 e. The van der Waals surface area contributed by atoms with E-state index in [-0.39, 0.29) is 10.7 Å². The summed E-state index contributed by atoms with van der Waals surface area (Å²) in [6, 6.07) is 13.3. The number of benzene rings is 2. The largest absolute Gasteiger partial charge is 0.503 e. The van der Waals surface area contributed by atoms with Gasteiger partial charge in [0.2, 0.25) is 5.78 Å². The molecule has 4 aromatic rings. The molecule has 160 valence electrons. The van der Waals surface area contributed by atoms with Gasteiger partial charge in [0.15, 0.2) is 10.9 Å². The maximum absolute atomic E-state index is 13.6. The fourth-order valence-corrected chi connectivity index (χ4v) is 5.80. The van der Waals surface area contributed by atoms with Crippen LogP contribution in [0.2, 0.25) is 5.02 Å². The van der Waals surface area contributed by atoms with Crippen molar-refractivity contribution in [2.75, 3.05) is 4.90 Å². The molecule has 1 N–H and O–H groups in total. The molecule has 3 heterocycles. The van der Waals surface area contributed by atoms with Crippen LogP contribution in [0.1, 0.15) is 26.2 Å². The van der Waals surface area contributed by atoms with Gasteiger partial charge in [-0.2, -0.15) is 0 Å². The van der Waals surface area contributed by atoms with Crippen molar-refractivity contribution in [3.05, 3.63) is 92.1 Å². The van der Waals surface area contributed by atoms with Gasteiger partial charge in [-0.25, -0.2) is 9.37 Å². The van der Waals surface area contributed by atoms with Crippen molar-refractivity contribution in [1.82, 2.24) is 4.98 Å². The van der Waals surface area contributed by atoms with Crippen LogP contribution in [0.5, 0.6) is 0 Å². The van der Waals surface area contributed by atoms with E-state index < -0.39 is 29.3 Å². The number of fused-ring (bicyclic) bond motifs is 1. The first-order chi connectivity index (χ1) is 15.3. The average Bonchev–Trinajstić information content (AvgIpc) is 3.46. The van der Waals surface area contributed by atoms with Gasteiger partial charge in [0.1, 0.15) is 11.3 Å². The standard InChI is InChI=1S/C23H14ClFN2O3S2/c1-11-5-10-16(31-11)20(28)17-19(12-6-8-13(25)9-7-12)27(22(30)21(17)29)23-26-18-14(24)3-2-4-15(18)32-23/h2-10,19,29H,1H3. The van der Waals surface area contributed by atoms with Gasteiger partial charge in [0.25, 0.3) is 5.91 Å². The van der Waals surface area contributed by atoms with Crippen molar-refractivity contribution >= 4 is 61.3 Å². The van der Waals surface area contributed by atoms with E-state index in [1.807, 2.05) is 13.0 Å². The summed E-state index contributed by atoms with van der Waals surface area (Å²) in [6.45, 7) is 1.87. The number of carbonyl (C=O) groups excluding carboxylic acids is 2. The van der Waals surface area contributed by atoms with Gasteiger partial charge in [0, 0.05) is 4.88 Å². The van der Waals surface area contributed by atoms with Crippen molar-refractivity contribution in [2.45, 2.75) is 13.0 Å². The lowest BCUT2D eigenvalue weighted by Gasteiger charge is -2.24. The molecular weight excluding hydrogens is 471 g/mol. The highest BCUT2D eigenvalue weighted by atomic mass is 35.5. The number of Topliss-reactive ketones (excluding diaryl/α,β-unsaturated/α-hetero) is 1. The van der Waals surface area contributed by atoms with E-state index in [2.05, 4.69) is 4.98 Å². The van der Waals surface area contributed by atoms with Crippen molar-refractivity contribution in [3.63, 3.8) is 0 Å². The number of anilines is 1. The zero-order valence-corrected chi connectivity index (χ0v) is 18.9. The summed E-state index contributed by atoms with van der Waals surface area (Å²) < 4.78 is 14.4. The minimum atomic E-state index is -0.961. The maximum atomic E-state index is 13.6. The smallest absolute Gasteiger partial charge is 0.296 e. The molecule has 0 saturated carbocycles. The Morgan fingerprint density at radius 1 is 1.12 bits per heavy atom. The first-order valence-electron chi connectivity index (χ1n) is 9.53. The molecule has 1 amide bonds. The zero-order chi connectivity index (χ0) is 22.6. The fourth-order valence-electron chi connectivity index (χ4n) is 3.69. The van der Waals surface area contributed by atoms with Crippen LogP contribution in [0, 0.1) is 12.7 Å². The van der Waals surface area contributed by atoms with Gasteiger partial charge in [-0.3, -0.25) is 14.5 Å². The number of halogens is 2. The number of hydrogen-bond acceptors (Lipinski definition) is 6. The zero-order valence-electron chi connectivity index (χ0n) is 16.5. The Hall–Kier alpha value is -3.07. The number of nitrogens with zero attached hydrogens (tertiary/aromatic N) is 2. The first kappa shape index (κ1) is 20.8. The lowest BCUT2D eigenvalue weighted by molar-refractivity contribution is -0.117. The van der Waals surface area contributed by atoms with E-state index in [9.17, 15) is 19.1 Å². The van der Waals surface area contributed by atoms with E-state index in [0.29, 0.717) is 21.0 Å². The summed E-state index contributed by atoms with van der Waals surface area (Å²) >= 11 is 8.75. The number of hydrogen-bond donors (Lipinski definition) is 1. The molecule has 32 heavy (non-hydrogen) atoms. The molecule has 1 unspecified atom stereocenters. The Morgan fingerprint density at radius 3 is 2.53 bits per heavy atom. The van der Waals surface area contributed by atoms with Crippen LogP contribution in [0.4, 0.5) is 9.52 Å². The van der Waals surface area contributed by atoms with E-state index in [0.717, 1.165) is 9.58 Å². The number of thiophene rings is 1. The Morgan fingerprint density at radius 2 is 1.88 bits per heavy atom. The van der Waals surface area contributed by atoms with Gasteiger partial charge in [-0.05, 0) is 48.9 Å². The van der Waals surface area contributed by atoms with Crippen molar-refractivity contribution < 1.29 is 19.1 Å². The topological polar surface area (TPSA) is 70.5 Å². The fraction of sp³-hybridized carbons (Fsp3) is 0.0870. The van der Waals surface area contributed by atoms with Gasteiger partial charge in [-0.1, -0.05) is 41.1 Å². The summed E-state index contributed by atoms with van der Waals surface area (Å²) in [5, 5.41) is 11.5. The predicted octanol–water partition coefficient (Wildman–Crippen LogP) is 6.24. The molecule has 0 radical (unpaired) electrons. The number of carbonyl (C=O) groups is 2. The van der Waals surface area contributed by atoms with Gasteiger partial charge >= 0.3 is 0 Å². The maximum Gasteiger partial charge on any atom is 0.296 e. The first-order valence-corrected chi connectivity index (χ1v) is 11.5. The van der Waals surface area contributed by atoms with Crippen molar-refractivity contribution in [2.24, 2.45) is 0 Å². The molecule has 0 bridgehead atoms. The molecular formula is C23H14ClFN2O3S2. The van der Waals surface area contributed by atoms with Crippen LogP contribution < -0.4 is 4.90 Å². The molecule has 1 atom stereocenters. The van der Waals surface area contributed by atoms with Crippen LogP contribution in [0.15, 0.2) is 65.9 Å². The molecule has 1 aliphatic rings. The van der Waals surface area contributed by atoms with Crippen LogP contribution >= 0.6 is 34.3 Å². The summed E-state index contributed by atoms with van der Waals surface area (Å²) in [4.78, 5) is 33.7. The van der Waals surface area contributed by atoms with E-state index in [4.69, 9.17) is 11.6 Å². The second-order valence-electron chi connectivity index (χ2n) is 7.21. The Bertz CT molecular complexity index is 1420. The van der Waals surface area contributed by atoms with Gasteiger partial charge in [-0.15, -0.1) is 11.3 Å². The Balaban J connectivity index is 1.69. The van der Waals surface area contributed by atoms with Gasteiger partial charge < -0.3 is 5.11 Å². The third-order valence-electron chi connectivity index (χ3n) is 5.17. The second-order valence-corrected chi connectivity index (χ2v) is 9.92. The number of aromatic nitrogens is 1. The highest BCUT2D eigenvalue weighted by molar-refractivity contribution is 7.22. The molecule has 1 aliphatic heterocycles. The molecule has 2 aromatic carbocycles. The Labute approximate surface area is 195 Å². The predicted molar refractivity (Wildman–Crippen MR) is 124 cm³/mol. The number of aliphatic hydroxyl groups is 1. The normalized spacial score (nSPS) is 16.4. The van der Waals surface area contributed by atoms with Crippen LogP contribution in [-0.4, -0.2) is 21.8 Å². The highest BCUT2D eigenvalue weighted by Gasteiger charge is 2.46. The summed E-state index contributed by atoms with van der Waals surface area (Å²) in [6.07, 6.45) is 0. The average molecular weight is 485 g/mol. The SMILES string of the molecule is Cc1ccc(C(=O)C2=C(O)C(=O)N(c3nc4c(Cl)cccc4s3)C2c2ccc(F)cc2)s1. The molecule has 9 heteroatoms. The van der Waals surface area contributed by atoms with Crippen molar-refractivity contribution in [1.29, 1.82) is 0 Å². The molecule has 0 fully saturated rings. The number of rotatable bonds is 4. The molecule has 2 aromatic heterocycles. The quantitative estimate of drug-likeness (QED) is 0.348. The lowest BCUT2D eigenvalue weighted by atomic mass is 9.95. The summed E-state index contributed by atoms with van der Waals surface area (Å²) in [7, 11) is 0. The minimum absolute atomic E-state index is 0.0613. The number of aliphatic hydroxyl groups excluding tert-OH is 1. The van der Waals surface area contributed by atoms with Crippen LogP contribution in [0.25, 0.3) is 10.2 Å². The summed E-state index contributed by atoms with van der Waals surface area (Å²) in [5.74, 6) is -2.29. The van der Waals surface area contributed by atoms with E-state index in [1.165, 1.54) is 51.8 Å². The monoisotopic (exact) mass is 484 g/mol. The number of ketones is 1. The second kappa shape index (κ2) is 7.81. The highest BCUT2D eigenvalue weighted by Crippen LogP contribution is 2.45. The van der Waals surface area contributed by atoms with Gasteiger partial charge in [0.05, 0.1) is 26.2 Å². The van der Waals surface area contributed by atoms with Crippen LogP contribution in [0.3, 0.4) is 0 Å². The number of amides is 1.